The highest BCUT2D eigenvalue weighted by Gasteiger charge is 2.21. The zero-order valence-electron chi connectivity index (χ0n) is 11.7. The van der Waals surface area contributed by atoms with Crippen molar-refractivity contribution in [3.05, 3.63) is 59.9 Å². The number of hydrogen-bond acceptors (Lipinski definition) is 4. The minimum absolute atomic E-state index is 0.128. The molecule has 0 saturated carbocycles. The summed E-state index contributed by atoms with van der Waals surface area (Å²) in [5.41, 5.74) is 7.39. The van der Waals surface area contributed by atoms with Crippen molar-refractivity contribution in [1.82, 2.24) is 0 Å². The molecule has 2 aromatic carbocycles. The molecule has 0 saturated heterocycles. The number of benzene rings is 2. The van der Waals surface area contributed by atoms with E-state index in [0.29, 0.717) is 40.5 Å². The van der Waals surface area contributed by atoms with Crippen molar-refractivity contribution >= 4 is 34.0 Å². The maximum atomic E-state index is 12.5. The van der Waals surface area contributed by atoms with Crippen molar-refractivity contribution in [2.24, 2.45) is 0 Å². The van der Waals surface area contributed by atoms with Crippen LogP contribution in [0.3, 0.4) is 0 Å². The fraction of sp³-hybridized carbons (Fsp3) is 0.118. The van der Waals surface area contributed by atoms with Crippen LogP contribution in [0.1, 0.15) is 16.1 Å². The lowest BCUT2D eigenvalue weighted by Crippen LogP contribution is -2.02. The summed E-state index contributed by atoms with van der Waals surface area (Å²) in [6.07, 6.45) is 0. The molecule has 3 rings (SSSR count). The number of hydrogen-bond donors (Lipinski definition) is 1. The number of anilines is 1. The summed E-state index contributed by atoms with van der Waals surface area (Å²) in [5, 5.41) is 0.659. The highest BCUT2D eigenvalue weighted by molar-refractivity contribution is 6.18. The Hall–Kier alpha value is -2.46. The molecule has 4 nitrogen and oxygen atoms in total. The molecule has 0 fully saturated rings. The summed E-state index contributed by atoms with van der Waals surface area (Å²) in [6.45, 7) is 0.350. The van der Waals surface area contributed by atoms with Gasteiger partial charge in [0.1, 0.15) is 6.61 Å². The lowest BCUT2D eigenvalue weighted by molar-refractivity contribution is 0.101. The number of fused-ring (bicyclic) bond motifs is 1. The van der Waals surface area contributed by atoms with Crippen LogP contribution in [0.25, 0.3) is 11.0 Å². The predicted octanol–water partition coefficient (Wildman–Crippen LogP) is 3.86. The van der Waals surface area contributed by atoms with Crippen LogP contribution in [-0.4, -0.2) is 18.3 Å². The second kappa shape index (κ2) is 6.12. The third kappa shape index (κ3) is 2.53. The highest BCUT2D eigenvalue weighted by Crippen LogP contribution is 2.35. The Morgan fingerprint density at radius 2 is 1.91 bits per heavy atom. The van der Waals surface area contributed by atoms with Gasteiger partial charge in [-0.2, -0.15) is 0 Å². The lowest BCUT2D eigenvalue weighted by atomic mass is 10.1. The first-order valence-corrected chi connectivity index (χ1v) is 7.35. The van der Waals surface area contributed by atoms with Crippen LogP contribution in [0, 0.1) is 0 Å². The SMILES string of the molecule is Nc1c(C(=O)c2ccccc2)oc2c(OCCCl)cccc12. The molecule has 0 amide bonds. The third-order valence-corrected chi connectivity index (χ3v) is 3.45. The van der Waals surface area contributed by atoms with Gasteiger partial charge in [-0.1, -0.05) is 36.4 Å². The van der Waals surface area contributed by atoms with Gasteiger partial charge in [0.2, 0.25) is 5.78 Å². The Labute approximate surface area is 132 Å². The molecule has 2 N–H and O–H groups in total. The summed E-state index contributed by atoms with van der Waals surface area (Å²) in [4.78, 5) is 12.5. The van der Waals surface area contributed by atoms with Crippen LogP contribution >= 0.6 is 11.6 Å². The normalized spacial score (nSPS) is 10.8. The van der Waals surface area contributed by atoms with Crippen LogP contribution in [0.2, 0.25) is 0 Å². The Morgan fingerprint density at radius 3 is 2.64 bits per heavy atom. The van der Waals surface area contributed by atoms with E-state index < -0.39 is 0 Å². The van der Waals surface area contributed by atoms with E-state index in [0.717, 1.165) is 0 Å². The number of halogens is 1. The van der Waals surface area contributed by atoms with Crippen molar-refractivity contribution in [2.75, 3.05) is 18.2 Å². The fourth-order valence-corrected chi connectivity index (χ4v) is 2.34. The van der Waals surface area contributed by atoms with E-state index in [1.165, 1.54) is 0 Å². The largest absolute Gasteiger partial charge is 0.488 e. The molecule has 0 radical (unpaired) electrons. The maximum absolute atomic E-state index is 12.5. The maximum Gasteiger partial charge on any atom is 0.230 e. The van der Waals surface area contributed by atoms with Crippen LogP contribution < -0.4 is 10.5 Å². The average molecular weight is 316 g/mol. The molecular weight excluding hydrogens is 302 g/mol. The summed E-state index contributed by atoms with van der Waals surface area (Å²) in [5.74, 6) is 0.764. The number of para-hydroxylation sites is 1. The molecule has 22 heavy (non-hydrogen) atoms. The van der Waals surface area contributed by atoms with Gasteiger partial charge in [0, 0.05) is 10.9 Å². The Balaban J connectivity index is 2.08. The zero-order valence-corrected chi connectivity index (χ0v) is 12.5. The molecule has 0 bridgehead atoms. The number of alkyl halides is 1. The van der Waals surface area contributed by atoms with E-state index in [2.05, 4.69) is 0 Å². The third-order valence-electron chi connectivity index (χ3n) is 3.29. The number of nitrogen functional groups attached to an aromatic ring is 1. The van der Waals surface area contributed by atoms with Gasteiger partial charge in [-0.3, -0.25) is 4.79 Å². The number of carbonyl (C=O) groups is 1. The number of carbonyl (C=O) groups excluding carboxylic acids is 1. The molecule has 5 heteroatoms. The van der Waals surface area contributed by atoms with Gasteiger partial charge in [-0.25, -0.2) is 0 Å². The van der Waals surface area contributed by atoms with E-state index in [-0.39, 0.29) is 11.5 Å². The second-order valence-electron chi connectivity index (χ2n) is 4.71. The van der Waals surface area contributed by atoms with E-state index in [4.69, 9.17) is 26.5 Å². The summed E-state index contributed by atoms with van der Waals surface area (Å²) in [7, 11) is 0. The molecule has 0 unspecified atom stereocenters. The minimum atomic E-state index is -0.252. The average Bonchev–Trinajstić information content (AvgIpc) is 2.91. The Bertz CT molecular complexity index is 811. The van der Waals surface area contributed by atoms with Gasteiger partial charge in [0.15, 0.2) is 17.1 Å². The first kappa shape index (κ1) is 14.5. The smallest absolute Gasteiger partial charge is 0.230 e. The molecular formula is C17H14ClNO3. The quantitative estimate of drug-likeness (QED) is 0.573. The lowest BCUT2D eigenvalue weighted by Gasteiger charge is -2.03. The van der Waals surface area contributed by atoms with E-state index >= 15 is 0 Å². The van der Waals surface area contributed by atoms with Crippen LogP contribution in [0.4, 0.5) is 5.69 Å². The zero-order chi connectivity index (χ0) is 15.5. The summed E-state index contributed by atoms with van der Waals surface area (Å²) < 4.78 is 11.2. The first-order chi connectivity index (χ1) is 10.7. The van der Waals surface area contributed by atoms with Gasteiger partial charge in [0.25, 0.3) is 0 Å². The number of ether oxygens (including phenoxy) is 1. The topological polar surface area (TPSA) is 65.5 Å². The van der Waals surface area contributed by atoms with E-state index in [9.17, 15) is 4.79 Å². The van der Waals surface area contributed by atoms with Crippen LogP contribution in [0.5, 0.6) is 5.75 Å². The monoisotopic (exact) mass is 315 g/mol. The molecule has 1 heterocycles. The van der Waals surface area contributed by atoms with Gasteiger partial charge in [-0.15, -0.1) is 11.6 Å². The minimum Gasteiger partial charge on any atom is -0.488 e. The van der Waals surface area contributed by atoms with E-state index in [1.54, 1.807) is 42.5 Å². The Morgan fingerprint density at radius 1 is 1.14 bits per heavy atom. The molecule has 0 spiro atoms. The number of furan rings is 1. The van der Waals surface area contributed by atoms with Crippen LogP contribution in [-0.2, 0) is 0 Å². The molecule has 0 aliphatic carbocycles. The van der Waals surface area contributed by atoms with Crippen molar-refractivity contribution in [1.29, 1.82) is 0 Å². The molecule has 0 aliphatic rings. The number of nitrogens with two attached hydrogens (primary N) is 1. The van der Waals surface area contributed by atoms with E-state index in [1.807, 2.05) is 6.07 Å². The van der Waals surface area contributed by atoms with Gasteiger partial charge >= 0.3 is 0 Å². The van der Waals surface area contributed by atoms with Crippen molar-refractivity contribution in [3.63, 3.8) is 0 Å². The Kier molecular flexibility index (Phi) is 4.02. The molecule has 0 atom stereocenters. The highest BCUT2D eigenvalue weighted by atomic mass is 35.5. The van der Waals surface area contributed by atoms with Crippen molar-refractivity contribution < 1.29 is 13.9 Å². The molecule has 0 aliphatic heterocycles. The van der Waals surface area contributed by atoms with Crippen molar-refractivity contribution in [2.45, 2.75) is 0 Å². The first-order valence-electron chi connectivity index (χ1n) is 6.82. The standard InChI is InChI=1S/C17H14ClNO3/c18-9-10-21-13-8-4-7-12-14(19)17(22-16(12)13)15(20)11-5-2-1-3-6-11/h1-8H,9-10,19H2. The molecule has 3 aromatic rings. The molecule has 1 aromatic heterocycles. The molecule has 112 valence electrons. The van der Waals surface area contributed by atoms with Crippen molar-refractivity contribution in [3.8, 4) is 5.75 Å². The van der Waals surface area contributed by atoms with Gasteiger partial charge < -0.3 is 14.9 Å². The van der Waals surface area contributed by atoms with Crippen LogP contribution in [0.15, 0.2) is 52.9 Å². The summed E-state index contributed by atoms with van der Waals surface area (Å²) >= 11 is 5.64. The van der Waals surface area contributed by atoms with Gasteiger partial charge in [-0.05, 0) is 12.1 Å². The fourth-order valence-electron chi connectivity index (χ4n) is 2.26. The predicted molar refractivity (Wildman–Crippen MR) is 86.7 cm³/mol. The number of rotatable bonds is 5. The van der Waals surface area contributed by atoms with Gasteiger partial charge in [0.05, 0.1) is 11.6 Å². The second-order valence-corrected chi connectivity index (χ2v) is 5.09. The number of ketones is 1. The summed E-state index contributed by atoms with van der Waals surface area (Å²) in [6, 6.07) is 14.2.